The first kappa shape index (κ1) is 10.9. The van der Waals surface area contributed by atoms with E-state index in [1.165, 1.54) is 11.3 Å². The highest BCUT2D eigenvalue weighted by molar-refractivity contribution is 7.13. The number of nitrogens with zero attached hydrogens (tertiary/aromatic N) is 2. The van der Waals surface area contributed by atoms with Crippen molar-refractivity contribution in [3.8, 4) is 0 Å². The molecule has 0 saturated carbocycles. The molecule has 0 amide bonds. The summed E-state index contributed by atoms with van der Waals surface area (Å²) in [5.41, 5.74) is 0.616. The third-order valence-corrected chi connectivity index (χ3v) is 2.57. The molecule has 1 atom stereocenters. The van der Waals surface area contributed by atoms with Gasteiger partial charge in [0, 0.05) is 0 Å². The van der Waals surface area contributed by atoms with Crippen molar-refractivity contribution < 1.29 is 9.90 Å². The molecule has 0 spiro atoms. The Bertz CT molecular complexity index is 302. The predicted molar refractivity (Wildman–Crippen MR) is 54.5 cm³/mol. The van der Waals surface area contributed by atoms with Crippen molar-refractivity contribution in [2.75, 3.05) is 5.32 Å². The van der Waals surface area contributed by atoms with Crippen LogP contribution in [-0.4, -0.2) is 26.8 Å². The molecule has 14 heavy (non-hydrogen) atoms. The molecule has 1 heterocycles. The Hall–Kier alpha value is -1.17. The molecule has 5 nitrogen and oxygen atoms in total. The minimum absolute atomic E-state index is 0.545. The van der Waals surface area contributed by atoms with Gasteiger partial charge in [0.15, 0.2) is 0 Å². The quantitative estimate of drug-likeness (QED) is 0.780. The van der Waals surface area contributed by atoms with Crippen LogP contribution in [0.25, 0.3) is 0 Å². The van der Waals surface area contributed by atoms with Crippen molar-refractivity contribution in [2.45, 2.75) is 32.2 Å². The Balaban J connectivity index is 2.74. The summed E-state index contributed by atoms with van der Waals surface area (Å²) in [5, 5.41) is 19.9. The number of carbonyl (C=O) groups is 1. The van der Waals surface area contributed by atoms with E-state index in [1.807, 2.05) is 6.92 Å². The number of rotatable bonds is 5. The average molecular weight is 215 g/mol. The molecular weight excluding hydrogens is 202 g/mol. The highest BCUT2D eigenvalue weighted by Crippen LogP contribution is 2.21. The standard InChI is InChI=1S/C8H13N3O2S/c1-3-4-8(2,6(12)13)10-7-11-9-5-14-7/h5H,3-4H2,1-2H3,(H,10,11)(H,12,13). The summed E-state index contributed by atoms with van der Waals surface area (Å²) in [5.74, 6) is -0.866. The van der Waals surface area contributed by atoms with Gasteiger partial charge in [-0.15, -0.1) is 10.2 Å². The first-order valence-corrected chi connectivity index (χ1v) is 5.24. The van der Waals surface area contributed by atoms with Crippen molar-refractivity contribution in [3.63, 3.8) is 0 Å². The lowest BCUT2D eigenvalue weighted by atomic mass is 9.97. The van der Waals surface area contributed by atoms with Crippen LogP contribution in [0, 0.1) is 0 Å². The Morgan fingerprint density at radius 3 is 2.93 bits per heavy atom. The van der Waals surface area contributed by atoms with Crippen molar-refractivity contribution in [2.24, 2.45) is 0 Å². The lowest BCUT2D eigenvalue weighted by Crippen LogP contribution is -2.43. The molecule has 0 radical (unpaired) electrons. The number of carboxylic acid groups (broad SMARTS) is 1. The summed E-state index contributed by atoms with van der Waals surface area (Å²) in [4.78, 5) is 11.0. The van der Waals surface area contributed by atoms with Crippen LogP contribution in [0.5, 0.6) is 0 Å². The molecule has 1 aromatic rings. The second kappa shape index (κ2) is 4.36. The van der Waals surface area contributed by atoms with Crippen LogP contribution in [0.2, 0.25) is 0 Å². The van der Waals surface area contributed by atoms with Gasteiger partial charge < -0.3 is 10.4 Å². The van der Waals surface area contributed by atoms with Gasteiger partial charge in [0.05, 0.1) is 0 Å². The van der Waals surface area contributed by atoms with Crippen molar-refractivity contribution >= 4 is 22.4 Å². The SMILES string of the molecule is CCCC(C)(Nc1nncs1)C(=O)O. The number of nitrogens with one attached hydrogen (secondary N) is 1. The zero-order chi connectivity index (χ0) is 10.6. The Morgan fingerprint density at radius 2 is 2.50 bits per heavy atom. The van der Waals surface area contributed by atoms with E-state index in [-0.39, 0.29) is 0 Å². The molecule has 2 N–H and O–H groups in total. The molecule has 1 rings (SSSR count). The van der Waals surface area contributed by atoms with Crippen LogP contribution in [0.1, 0.15) is 26.7 Å². The van der Waals surface area contributed by atoms with Gasteiger partial charge in [0.25, 0.3) is 0 Å². The zero-order valence-electron chi connectivity index (χ0n) is 8.15. The summed E-state index contributed by atoms with van der Waals surface area (Å²) >= 11 is 1.30. The molecule has 1 aromatic heterocycles. The van der Waals surface area contributed by atoms with Gasteiger partial charge in [0.2, 0.25) is 5.13 Å². The van der Waals surface area contributed by atoms with E-state index < -0.39 is 11.5 Å². The highest BCUT2D eigenvalue weighted by Gasteiger charge is 2.32. The fourth-order valence-corrected chi connectivity index (χ4v) is 1.76. The van der Waals surface area contributed by atoms with E-state index in [0.717, 1.165) is 6.42 Å². The van der Waals surface area contributed by atoms with Gasteiger partial charge in [-0.1, -0.05) is 24.7 Å². The van der Waals surface area contributed by atoms with Gasteiger partial charge in [-0.2, -0.15) is 0 Å². The van der Waals surface area contributed by atoms with E-state index in [9.17, 15) is 4.79 Å². The number of carboxylic acids is 1. The van der Waals surface area contributed by atoms with Gasteiger partial charge in [-0.05, 0) is 13.3 Å². The molecule has 0 aliphatic rings. The van der Waals surface area contributed by atoms with Crippen LogP contribution in [0.3, 0.4) is 0 Å². The minimum atomic E-state index is -0.950. The van der Waals surface area contributed by atoms with Gasteiger partial charge >= 0.3 is 5.97 Å². The Kier molecular flexibility index (Phi) is 3.40. The van der Waals surface area contributed by atoms with E-state index in [0.29, 0.717) is 11.6 Å². The van der Waals surface area contributed by atoms with Crippen LogP contribution in [0.15, 0.2) is 5.51 Å². The maximum atomic E-state index is 11.0. The third kappa shape index (κ3) is 2.41. The predicted octanol–water partition coefficient (Wildman–Crippen LogP) is 1.59. The second-order valence-electron chi connectivity index (χ2n) is 3.26. The Labute approximate surface area is 86.2 Å². The number of aromatic nitrogens is 2. The fraction of sp³-hybridized carbons (Fsp3) is 0.625. The van der Waals surface area contributed by atoms with Crippen LogP contribution < -0.4 is 5.32 Å². The molecular formula is C8H13N3O2S. The largest absolute Gasteiger partial charge is 0.480 e. The average Bonchev–Trinajstić information content (AvgIpc) is 2.56. The van der Waals surface area contributed by atoms with Gasteiger partial charge in [0.1, 0.15) is 11.0 Å². The van der Waals surface area contributed by atoms with Crippen LogP contribution >= 0.6 is 11.3 Å². The summed E-state index contributed by atoms with van der Waals surface area (Å²) in [6.07, 6.45) is 1.36. The molecule has 0 aliphatic heterocycles. The normalized spacial score (nSPS) is 14.7. The van der Waals surface area contributed by atoms with E-state index in [4.69, 9.17) is 5.11 Å². The molecule has 0 aliphatic carbocycles. The Morgan fingerprint density at radius 1 is 1.79 bits per heavy atom. The molecule has 0 fully saturated rings. The molecule has 1 unspecified atom stereocenters. The zero-order valence-corrected chi connectivity index (χ0v) is 8.97. The number of aliphatic carboxylic acids is 1. The molecule has 0 bridgehead atoms. The van der Waals surface area contributed by atoms with E-state index in [1.54, 1.807) is 12.4 Å². The molecule has 6 heteroatoms. The fourth-order valence-electron chi connectivity index (χ4n) is 1.19. The van der Waals surface area contributed by atoms with Crippen molar-refractivity contribution in [3.05, 3.63) is 5.51 Å². The highest BCUT2D eigenvalue weighted by atomic mass is 32.1. The first-order valence-electron chi connectivity index (χ1n) is 4.36. The molecule has 0 saturated heterocycles. The second-order valence-corrected chi connectivity index (χ2v) is 4.09. The van der Waals surface area contributed by atoms with Crippen molar-refractivity contribution in [1.29, 1.82) is 0 Å². The summed E-state index contributed by atoms with van der Waals surface area (Å²) in [7, 11) is 0. The van der Waals surface area contributed by atoms with Crippen LogP contribution in [-0.2, 0) is 4.79 Å². The van der Waals surface area contributed by atoms with E-state index in [2.05, 4.69) is 15.5 Å². The third-order valence-electron chi connectivity index (χ3n) is 1.96. The minimum Gasteiger partial charge on any atom is -0.480 e. The molecule has 0 aromatic carbocycles. The monoisotopic (exact) mass is 215 g/mol. The van der Waals surface area contributed by atoms with Crippen LogP contribution in [0.4, 0.5) is 5.13 Å². The maximum absolute atomic E-state index is 11.0. The number of hydrogen-bond donors (Lipinski definition) is 2. The lowest BCUT2D eigenvalue weighted by molar-refractivity contribution is -0.141. The smallest absolute Gasteiger partial charge is 0.329 e. The summed E-state index contributed by atoms with van der Waals surface area (Å²) in [6.45, 7) is 3.60. The van der Waals surface area contributed by atoms with E-state index >= 15 is 0 Å². The lowest BCUT2D eigenvalue weighted by Gasteiger charge is -2.24. The van der Waals surface area contributed by atoms with Crippen molar-refractivity contribution in [1.82, 2.24) is 10.2 Å². The maximum Gasteiger partial charge on any atom is 0.329 e. The summed E-state index contributed by atoms with van der Waals surface area (Å²) < 4.78 is 0. The first-order chi connectivity index (χ1) is 6.58. The topological polar surface area (TPSA) is 75.1 Å². The molecule has 78 valence electrons. The number of hydrogen-bond acceptors (Lipinski definition) is 5. The summed E-state index contributed by atoms with van der Waals surface area (Å²) in [6, 6.07) is 0. The van der Waals surface area contributed by atoms with Gasteiger partial charge in [-0.3, -0.25) is 0 Å². The van der Waals surface area contributed by atoms with Gasteiger partial charge in [-0.25, -0.2) is 4.79 Å². The number of anilines is 1.